The lowest BCUT2D eigenvalue weighted by atomic mass is 10.3. The topological polar surface area (TPSA) is 80.4 Å². The summed E-state index contributed by atoms with van der Waals surface area (Å²) >= 11 is 1.54. The monoisotopic (exact) mass is 362 g/mol. The predicted octanol–water partition coefficient (Wildman–Crippen LogP) is 2.05. The number of nitrogens with one attached hydrogen (secondary N) is 1. The second kappa shape index (κ2) is 8.24. The van der Waals surface area contributed by atoms with Crippen LogP contribution in [0.4, 0.5) is 0 Å². The molecular formula is C17H22N4O3S. The van der Waals surface area contributed by atoms with E-state index in [0.29, 0.717) is 24.5 Å². The van der Waals surface area contributed by atoms with E-state index in [2.05, 4.69) is 10.3 Å². The van der Waals surface area contributed by atoms with Gasteiger partial charge in [-0.1, -0.05) is 11.8 Å². The lowest BCUT2D eigenvalue weighted by Crippen LogP contribution is -2.32. The molecule has 1 N–H and O–H groups in total. The second-order valence-electron chi connectivity index (χ2n) is 5.97. The zero-order valence-electron chi connectivity index (χ0n) is 14.2. The number of nitrogens with zero attached hydrogens (tertiary/aromatic N) is 3. The Morgan fingerprint density at radius 2 is 2.12 bits per heavy atom. The fraction of sp³-hybridized carbons (Fsp3) is 0.471. The van der Waals surface area contributed by atoms with Gasteiger partial charge in [0.15, 0.2) is 10.9 Å². The summed E-state index contributed by atoms with van der Waals surface area (Å²) in [6.07, 6.45) is 6.10. The summed E-state index contributed by atoms with van der Waals surface area (Å²) in [7, 11) is 1.93. The Hall–Kier alpha value is -2.22. The molecule has 1 aliphatic heterocycles. The van der Waals surface area contributed by atoms with E-state index in [9.17, 15) is 9.59 Å². The van der Waals surface area contributed by atoms with Crippen LogP contribution in [0.2, 0.25) is 0 Å². The Kier molecular flexibility index (Phi) is 5.80. The molecule has 0 radical (unpaired) electrons. The van der Waals surface area contributed by atoms with E-state index < -0.39 is 0 Å². The normalized spacial score (nSPS) is 14.0. The molecule has 2 aromatic heterocycles. The SMILES string of the molecule is Cn1ccnc1SCc1ccc(C(=O)NCCC(=O)N2CCCC2)o1. The van der Waals surface area contributed by atoms with Gasteiger partial charge >= 0.3 is 0 Å². The molecule has 0 spiro atoms. The summed E-state index contributed by atoms with van der Waals surface area (Å²) in [6, 6.07) is 3.45. The van der Waals surface area contributed by atoms with Crippen LogP contribution in [-0.4, -0.2) is 45.9 Å². The molecule has 3 heterocycles. The van der Waals surface area contributed by atoms with Gasteiger partial charge in [0.05, 0.1) is 5.75 Å². The zero-order chi connectivity index (χ0) is 17.6. The van der Waals surface area contributed by atoms with E-state index in [1.165, 1.54) is 0 Å². The van der Waals surface area contributed by atoms with Crippen LogP contribution in [0.25, 0.3) is 0 Å². The molecule has 0 atom stereocenters. The van der Waals surface area contributed by atoms with Crippen molar-refractivity contribution >= 4 is 23.6 Å². The number of furan rings is 1. The third kappa shape index (κ3) is 4.66. The largest absolute Gasteiger partial charge is 0.455 e. The molecule has 2 aromatic rings. The van der Waals surface area contributed by atoms with Crippen molar-refractivity contribution in [2.75, 3.05) is 19.6 Å². The molecular weight excluding hydrogens is 340 g/mol. The highest BCUT2D eigenvalue weighted by Crippen LogP contribution is 2.21. The minimum atomic E-state index is -0.289. The second-order valence-corrected chi connectivity index (χ2v) is 6.91. The van der Waals surface area contributed by atoms with Gasteiger partial charge in [-0.05, 0) is 25.0 Å². The van der Waals surface area contributed by atoms with Gasteiger partial charge in [0.2, 0.25) is 5.91 Å². The lowest BCUT2D eigenvalue weighted by molar-refractivity contribution is -0.129. The highest BCUT2D eigenvalue weighted by molar-refractivity contribution is 7.98. The highest BCUT2D eigenvalue weighted by Gasteiger charge is 2.18. The van der Waals surface area contributed by atoms with Crippen LogP contribution < -0.4 is 5.32 Å². The maximum atomic E-state index is 12.1. The Bertz CT molecular complexity index is 734. The van der Waals surface area contributed by atoms with Crippen LogP contribution >= 0.6 is 11.8 Å². The summed E-state index contributed by atoms with van der Waals surface area (Å²) in [5, 5.41) is 3.63. The van der Waals surface area contributed by atoms with Gasteiger partial charge in [-0.2, -0.15) is 0 Å². The smallest absolute Gasteiger partial charge is 0.287 e. The minimum absolute atomic E-state index is 0.101. The molecule has 8 heteroatoms. The summed E-state index contributed by atoms with van der Waals surface area (Å²) in [5.74, 6) is 1.40. The highest BCUT2D eigenvalue weighted by atomic mass is 32.2. The maximum absolute atomic E-state index is 12.1. The van der Waals surface area contributed by atoms with Crippen molar-refractivity contribution in [3.8, 4) is 0 Å². The molecule has 1 saturated heterocycles. The number of aromatic nitrogens is 2. The summed E-state index contributed by atoms with van der Waals surface area (Å²) < 4.78 is 7.50. The molecule has 0 unspecified atom stereocenters. The average Bonchev–Trinajstić information content (AvgIpc) is 3.35. The van der Waals surface area contributed by atoms with Crippen molar-refractivity contribution in [3.63, 3.8) is 0 Å². The van der Waals surface area contributed by atoms with Crippen molar-refractivity contribution in [1.29, 1.82) is 0 Å². The molecule has 134 valence electrons. The minimum Gasteiger partial charge on any atom is -0.455 e. The van der Waals surface area contributed by atoms with Gasteiger partial charge in [0, 0.05) is 45.5 Å². The average molecular weight is 362 g/mol. The van der Waals surface area contributed by atoms with Crippen molar-refractivity contribution < 1.29 is 14.0 Å². The Balaban J connectivity index is 1.42. The number of hydrogen-bond donors (Lipinski definition) is 1. The molecule has 0 aromatic carbocycles. The first-order valence-electron chi connectivity index (χ1n) is 8.38. The Labute approximate surface area is 150 Å². The quantitative estimate of drug-likeness (QED) is 0.763. The fourth-order valence-electron chi connectivity index (χ4n) is 2.70. The molecule has 1 aliphatic rings. The van der Waals surface area contributed by atoms with Gasteiger partial charge in [-0.15, -0.1) is 0 Å². The number of carbonyl (C=O) groups excluding carboxylic acids is 2. The number of thioether (sulfide) groups is 1. The van der Waals surface area contributed by atoms with E-state index in [4.69, 9.17) is 4.42 Å². The molecule has 25 heavy (non-hydrogen) atoms. The van der Waals surface area contributed by atoms with E-state index in [-0.39, 0.29) is 17.6 Å². The van der Waals surface area contributed by atoms with Gasteiger partial charge in [0.1, 0.15) is 5.76 Å². The van der Waals surface area contributed by atoms with E-state index >= 15 is 0 Å². The number of rotatable bonds is 7. The maximum Gasteiger partial charge on any atom is 0.287 e. The van der Waals surface area contributed by atoms with Gasteiger partial charge in [-0.25, -0.2) is 4.98 Å². The number of carbonyl (C=O) groups is 2. The zero-order valence-corrected chi connectivity index (χ0v) is 15.1. The first-order valence-corrected chi connectivity index (χ1v) is 9.37. The lowest BCUT2D eigenvalue weighted by Gasteiger charge is -2.14. The van der Waals surface area contributed by atoms with E-state index in [1.807, 2.05) is 22.7 Å². The predicted molar refractivity (Wildman–Crippen MR) is 94.2 cm³/mol. The molecule has 3 rings (SSSR count). The molecule has 0 bridgehead atoms. The van der Waals surface area contributed by atoms with Crippen molar-refractivity contribution in [1.82, 2.24) is 19.8 Å². The standard InChI is InChI=1S/C17H22N4O3S/c1-20-11-8-19-17(20)25-12-13-4-5-14(24-13)16(23)18-7-6-15(22)21-9-2-3-10-21/h4-5,8,11H,2-3,6-7,9-10,12H2,1H3,(H,18,23). The Morgan fingerprint density at radius 1 is 1.32 bits per heavy atom. The van der Waals surface area contributed by atoms with Crippen LogP contribution in [0.5, 0.6) is 0 Å². The number of aryl methyl sites for hydroxylation is 1. The Morgan fingerprint density at radius 3 is 2.84 bits per heavy atom. The van der Waals surface area contributed by atoms with Crippen LogP contribution in [0.15, 0.2) is 34.1 Å². The molecule has 0 aliphatic carbocycles. The summed E-state index contributed by atoms with van der Waals surface area (Å²) in [6.45, 7) is 2.00. The molecule has 0 saturated carbocycles. The fourth-order valence-corrected chi connectivity index (χ4v) is 3.53. The van der Waals surface area contributed by atoms with Crippen LogP contribution in [0.1, 0.15) is 35.6 Å². The molecule has 1 fully saturated rings. The summed E-state index contributed by atoms with van der Waals surface area (Å²) in [4.78, 5) is 30.1. The van der Waals surface area contributed by atoms with Gasteiger partial charge < -0.3 is 19.2 Å². The van der Waals surface area contributed by atoms with Crippen LogP contribution in [-0.2, 0) is 17.6 Å². The third-order valence-electron chi connectivity index (χ3n) is 4.09. The number of hydrogen-bond acceptors (Lipinski definition) is 5. The third-order valence-corrected chi connectivity index (χ3v) is 5.17. The van der Waals surface area contributed by atoms with E-state index in [0.717, 1.165) is 31.1 Å². The van der Waals surface area contributed by atoms with E-state index in [1.54, 1.807) is 30.1 Å². The number of amides is 2. The van der Waals surface area contributed by atoms with Crippen molar-refractivity contribution in [2.45, 2.75) is 30.2 Å². The van der Waals surface area contributed by atoms with Crippen LogP contribution in [0.3, 0.4) is 0 Å². The van der Waals surface area contributed by atoms with Gasteiger partial charge in [-0.3, -0.25) is 9.59 Å². The van der Waals surface area contributed by atoms with Crippen molar-refractivity contribution in [3.05, 3.63) is 36.0 Å². The first kappa shape index (κ1) is 17.6. The van der Waals surface area contributed by atoms with Gasteiger partial charge in [0.25, 0.3) is 5.91 Å². The van der Waals surface area contributed by atoms with Crippen LogP contribution in [0, 0.1) is 0 Å². The number of imidazole rings is 1. The number of likely N-dealkylation sites (tertiary alicyclic amines) is 1. The summed E-state index contributed by atoms with van der Waals surface area (Å²) in [5.41, 5.74) is 0. The first-order chi connectivity index (χ1) is 12.1. The molecule has 2 amide bonds. The van der Waals surface area contributed by atoms with Crippen molar-refractivity contribution in [2.24, 2.45) is 7.05 Å². The molecule has 7 nitrogen and oxygen atoms in total.